The van der Waals surface area contributed by atoms with Crippen molar-refractivity contribution in [2.45, 2.75) is 33.7 Å². The fraction of sp³-hybridized carbons (Fsp3) is 0.647. The van der Waals surface area contributed by atoms with Crippen LogP contribution in [0.3, 0.4) is 0 Å². The molecule has 2 heteroatoms. The van der Waals surface area contributed by atoms with Crippen molar-refractivity contribution in [3.05, 3.63) is 35.9 Å². The lowest BCUT2D eigenvalue weighted by atomic mass is 9.81. The lowest BCUT2D eigenvalue weighted by Crippen LogP contribution is -2.48. The summed E-state index contributed by atoms with van der Waals surface area (Å²) >= 11 is 0. The highest BCUT2D eigenvalue weighted by Gasteiger charge is 2.28. The molecule has 0 radical (unpaired) electrons. The minimum Gasteiger partial charge on any atom is -0.314 e. The smallest absolute Gasteiger partial charge is 0.0473 e. The van der Waals surface area contributed by atoms with Gasteiger partial charge in [-0.3, -0.25) is 4.90 Å². The van der Waals surface area contributed by atoms with E-state index >= 15 is 0 Å². The molecule has 0 spiro atoms. The third-order valence-electron chi connectivity index (χ3n) is 4.53. The topological polar surface area (TPSA) is 15.3 Å². The summed E-state index contributed by atoms with van der Waals surface area (Å²) in [7, 11) is 0. The Morgan fingerprint density at radius 2 is 1.95 bits per heavy atom. The number of piperazine rings is 1. The minimum absolute atomic E-state index is 0.381. The molecule has 0 saturated carbocycles. The molecule has 0 bridgehead atoms. The van der Waals surface area contributed by atoms with Gasteiger partial charge in [0.2, 0.25) is 0 Å². The summed E-state index contributed by atoms with van der Waals surface area (Å²) in [6.07, 6.45) is 0. The van der Waals surface area contributed by atoms with Gasteiger partial charge >= 0.3 is 0 Å². The molecule has 1 fully saturated rings. The maximum absolute atomic E-state index is 3.53. The van der Waals surface area contributed by atoms with E-state index in [9.17, 15) is 0 Å². The Labute approximate surface area is 118 Å². The lowest BCUT2D eigenvalue weighted by Gasteiger charge is -2.40. The molecule has 106 valence electrons. The Bertz CT molecular complexity index is 380. The summed E-state index contributed by atoms with van der Waals surface area (Å²) in [6.45, 7) is 13.9. The van der Waals surface area contributed by atoms with Crippen LogP contribution in [-0.2, 0) is 0 Å². The van der Waals surface area contributed by atoms with Crippen LogP contribution in [0.5, 0.6) is 0 Å². The van der Waals surface area contributed by atoms with Crippen molar-refractivity contribution in [1.29, 1.82) is 0 Å². The van der Waals surface area contributed by atoms with E-state index in [0.29, 0.717) is 17.4 Å². The van der Waals surface area contributed by atoms with Gasteiger partial charge in [0.25, 0.3) is 0 Å². The predicted molar refractivity (Wildman–Crippen MR) is 82.2 cm³/mol. The second kappa shape index (κ2) is 6.06. The van der Waals surface area contributed by atoms with Gasteiger partial charge in [0.15, 0.2) is 0 Å². The van der Waals surface area contributed by atoms with Crippen LogP contribution in [0.2, 0.25) is 0 Å². The molecule has 1 aliphatic rings. The van der Waals surface area contributed by atoms with Crippen LogP contribution >= 0.6 is 0 Å². The maximum Gasteiger partial charge on any atom is 0.0473 e. The number of rotatable bonds is 3. The summed E-state index contributed by atoms with van der Waals surface area (Å²) in [5.74, 6) is 0.705. The zero-order valence-electron chi connectivity index (χ0n) is 12.8. The highest BCUT2D eigenvalue weighted by atomic mass is 15.2. The van der Waals surface area contributed by atoms with Crippen molar-refractivity contribution in [1.82, 2.24) is 10.2 Å². The summed E-state index contributed by atoms with van der Waals surface area (Å²) in [5.41, 5.74) is 1.82. The first-order valence-electron chi connectivity index (χ1n) is 7.48. The van der Waals surface area contributed by atoms with Crippen molar-refractivity contribution in [2.75, 3.05) is 26.2 Å². The standard InChI is InChI=1S/C17H28N2/c1-14(17(2,3)4)13-19-11-10-18-12-16(19)15-8-6-5-7-9-15/h5-9,14,16,18H,10-13H2,1-4H3. The molecule has 1 aromatic carbocycles. The molecule has 2 atom stereocenters. The van der Waals surface area contributed by atoms with E-state index < -0.39 is 0 Å². The molecule has 0 amide bonds. The highest BCUT2D eigenvalue weighted by molar-refractivity contribution is 5.20. The largest absolute Gasteiger partial charge is 0.314 e. The molecular weight excluding hydrogens is 232 g/mol. The first kappa shape index (κ1) is 14.5. The summed E-state index contributed by atoms with van der Waals surface area (Å²) in [4.78, 5) is 2.65. The van der Waals surface area contributed by atoms with E-state index in [1.54, 1.807) is 0 Å². The fourth-order valence-electron chi connectivity index (χ4n) is 2.59. The molecule has 1 N–H and O–H groups in total. The molecule has 1 heterocycles. The van der Waals surface area contributed by atoms with Gasteiger partial charge in [-0.05, 0) is 16.9 Å². The van der Waals surface area contributed by atoms with E-state index in [4.69, 9.17) is 0 Å². The monoisotopic (exact) mass is 260 g/mol. The van der Waals surface area contributed by atoms with Crippen molar-refractivity contribution >= 4 is 0 Å². The van der Waals surface area contributed by atoms with Crippen LogP contribution in [0.4, 0.5) is 0 Å². The van der Waals surface area contributed by atoms with E-state index in [1.165, 1.54) is 12.1 Å². The number of benzene rings is 1. The number of hydrogen-bond acceptors (Lipinski definition) is 2. The molecule has 19 heavy (non-hydrogen) atoms. The minimum atomic E-state index is 0.381. The van der Waals surface area contributed by atoms with Crippen LogP contribution in [0.15, 0.2) is 30.3 Å². The van der Waals surface area contributed by atoms with Gasteiger partial charge < -0.3 is 5.32 Å². The Kier molecular flexibility index (Phi) is 4.64. The summed E-state index contributed by atoms with van der Waals surface area (Å²) in [5, 5.41) is 3.53. The maximum atomic E-state index is 3.53. The van der Waals surface area contributed by atoms with Crippen molar-refractivity contribution in [3.8, 4) is 0 Å². The van der Waals surface area contributed by atoms with Crippen LogP contribution < -0.4 is 5.32 Å². The molecule has 1 aliphatic heterocycles. The third-order valence-corrected chi connectivity index (χ3v) is 4.53. The van der Waals surface area contributed by atoms with E-state index in [-0.39, 0.29) is 0 Å². The van der Waals surface area contributed by atoms with Crippen LogP contribution in [0.25, 0.3) is 0 Å². The molecule has 2 nitrogen and oxygen atoms in total. The van der Waals surface area contributed by atoms with Crippen LogP contribution in [-0.4, -0.2) is 31.1 Å². The Hall–Kier alpha value is -0.860. The molecule has 1 aromatic rings. The molecule has 2 rings (SSSR count). The van der Waals surface area contributed by atoms with Crippen molar-refractivity contribution in [3.63, 3.8) is 0 Å². The van der Waals surface area contributed by atoms with E-state index in [2.05, 4.69) is 68.2 Å². The van der Waals surface area contributed by atoms with Gasteiger partial charge in [0, 0.05) is 32.2 Å². The van der Waals surface area contributed by atoms with Gasteiger partial charge in [-0.2, -0.15) is 0 Å². The normalized spacial score (nSPS) is 23.3. The Morgan fingerprint density at radius 1 is 1.26 bits per heavy atom. The zero-order chi connectivity index (χ0) is 13.9. The number of nitrogens with zero attached hydrogens (tertiary/aromatic N) is 1. The molecular formula is C17H28N2. The van der Waals surface area contributed by atoms with Gasteiger partial charge in [-0.25, -0.2) is 0 Å². The van der Waals surface area contributed by atoms with Crippen molar-refractivity contribution in [2.24, 2.45) is 11.3 Å². The molecule has 2 unspecified atom stereocenters. The quantitative estimate of drug-likeness (QED) is 0.897. The molecule has 0 aliphatic carbocycles. The third kappa shape index (κ3) is 3.80. The fourth-order valence-corrected chi connectivity index (χ4v) is 2.59. The Morgan fingerprint density at radius 3 is 2.58 bits per heavy atom. The van der Waals surface area contributed by atoms with Gasteiger partial charge in [-0.1, -0.05) is 58.0 Å². The summed E-state index contributed by atoms with van der Waals surface area (Å²) in [6, 6.07) is 11.4. The highest BCUT2D eigenvalue weighted by Crippen LogP contribution is 2.30. The van der Waals surface area contributed by atoms with Crippen LogP contribution in [0.1, 0.15) is 39.3 Å². The van der Waals surface area contributed by atoms with E-state index in [0.717, 1.165) is 19.6 Å². The van der Waals surface area contributed by atoms with Gasteiger partial charge in [0.1, 0.15) is 0 Å². The zero-order valence-corrected chi connectivity index (χ0v) is 12.8. The number of hydrogen-bond donors (Lipinski definition) is 1. The number of nitrogens with one attached hydrogen (secondary N) is 1. The van der Waals surface area contributed by atoms with Crippen molar-refractivity contribution < 1.29 is 0 Å². The first-order valence-corrected chi connectivity index (χ1v) is 7.48. The average molecular weight is 260 g/mol. The van der Waals surface area contributed by atoms with E-state index in [1.807, 2.05) is 0 Å². The second-order valence-corrected chi connectivity index (χ2v) is 6.89. The lowest BCUT2D eigenvalue weighted by molar-refractivity contribution is 0.103. The molecule has 0 aromatic heterocycles. The van der Waals surface area contributed by atoms with Gasteiger partial charge in [-0.15, -0.1) is 0 Å². The SMILES string of the molecule is CC(CN1CCNCC1c1ccccc1)C(C)(C)C. The first-order chi connectivity index (χ1) is 8.98. The summed E-state index contributed by atoms with van der Waals surface area (Å²) < 4.78 is 0. The Balaban J connectivity index is 2.09. The predicted octanol–water partition coefficient (Wildman–Crippen LogP) is 3.32. The second-order valence-electron chi connectivity index (χ2n) is 6.89. The van der Waals surface area contributed by atoms with Gasteiger partial charge in [0.05, 0.1) is 0 Å². The van der Waals surface area contributed by atoms with Crippen LogP contribution in [0, 0.1) is 11.3 Å². The average Bonchev–Trinajstić information content (AvgIpc) is 2.39. The molecule has 1 saturated heterocycles.